The molecule has 0 radical (unpaired) electrons. The van der Waals surface area contributed by atoms with Crippen LogP contribution in [0.4, 0.5) is 0 Å². The number of nitrogens with two attached hydrogens (primary N) is 1. The third kappa shape index (κ3) is 1.93. The van der Waals surface area contributed by atoms with E-state index in [9.17, 15) is 4.79 Å². The van der Waals surface area contributed by atoms with Gasteiger partial charge in [0.15, 0.2) is 0 Å². The molecule has 96 valence electrons. The summed E-state index contributed by atoms with van der Waals surface area (Å²) < 4.78 is 0. The minimum absolute atomic E-state index is 0.164. The van der Waals surface area contributed by atoms with Crippen molar-refractivity contribution in [2.24, 2.45) is 17.6 Å². The van der Waals surface area contributed by atoms with Gasteiger partial charge in [0.1, 0.15) is 0 Å². The first-order chi connectivity index (χ1) is 8.65. The Morgan fingerprint density at radius 1 is 1.22 bits per heavy atom. The van der Waals surface area contributed by atoms with Crippen LogP contribution in [0.15, 0.2) is 24.3 Å². The Morgan fingerprint density at radius 3 is 2.61 bits per heavy atom. The third-order valence-electron chi connectivity index (χ3n) is 4.50. The zero-order valence-electron chi connectivity index (χ0n) is 10.8. The van der Waals surface area contributed by atoms with Gasteiger partial charge in [0.25, 0.3) is 5.91 Å². The normalized spacial score (nSPS) is 30.6. The molecule has 1 amide bonds. The van der Waals surface area contributed by atoms with Gasteiger partial charge in [-0.1, -0.05) is 17.7 Å². The molecule has 1 saturated heterocycles. The summed E-state index contributed by atoms with van der Waals surface area (Å²) in [5, 5.41) is 0. The lowest BCUT2D eigenvalue weighted by atomic mass is 9.98. The lowest BCUT2D eigenvalue weighted by Crippen LogP contribution is -2.33. The van der Waals surface area contributed by atoms with Gasteiger partial charge in [-0.25, -0.2) is 0 Å². The summed E-state index contributed by atoms with van der Waals surface area (Å²) in [6, 6.07) is 8.13. The van der Waals surface area contributed by atoms with Crippen molar-refractivity contribution in [3.8, 4) is 0 Å². The Labute approximate surface area is 108 Å². The Kier molecular flexibility index (Phi) is 2.86. The molecule has 1 aromatic rings. The van der Waals surface area contributed by atoms with E-state index in [4.69, 9.17) is 5.73 Å². The third-order valence-corrected chi connectivity index (χ3v) is 4.50. The first-order valence-electron chi connectivity index (χ1n) is 6.76. The van der Waals surface area contributed by atoms with Gasteiger partial charge in [-0.2, -0.15) is 0 Å². The van der Waals surface area contributed by atoms with E-state index in [2.05, 4.69) is 0 Å². The monoisotopic (exact) mass is 244 g/mol. The van der Waals surface area contributed by atoms with Crippen molar-refractivity contribution in [2.45, 2.75) is 25.8 Å². The number of nitrogens with zero attached hydrogens (tertiary/aromatic N) is 1. The molecule has 2 fully saturated rings. The summed E-state index contributed by atoms with van der Waals surface area (Å²) in [5.74, 6) is 1.32. The lowest BCUT2D eigenvalue weighted by molar-refractivity contribution is 0.0779. The highest BCUT2D eigenvalue weighted by Crippen LogP contribution is 2.37. The summed E-state index contributed by atoms with van der Waals surface area (Å²) >= 11 is 0. The fraction of sp³-hybridized carbons (Fsp3) is 0.533. The first kappa shape index (κ1) is 11.7. The van der Waals surface area contributed by atoms with Crippen LogP contribution in [0.5, 0.6) is 0 Å². The Balaban J connectivity index is 1.73. The summed E-state index contributed by atoms with van der Waals surface area (Å²) in [6.07, 6.45) is 2.31. The van der Waals surface area contributed by atoms with E-state index in [0.717, 1.165) is 25.1 Å². The van der Waals surface area contributed by atoms with Crippen molar-refractivity contribution in [3.05, 3.63) is 35.4 Å². The summed E-state index contributed by atoms with van der Waals surface area (Å²) in [5.41, 5.74) is 8.09. The van der Waals surface area contributed by atoms with Gasteiger partial charge in [-0.15, -0.1) is 0 Å². The van der Waals surface area contributed by atoms with E-state index >= 15 is 0 Å². The minimum Gasteiger partial charge on any atom is -0.338 e. The number of aryl methyl sites for hydroxylation is 1. The predicted octanol–water partition coefficient (Wildman–Crippen LogP) is 1.80. The largest absolute Gasteiger partial charge is 0.338 e. The van der Waals surface area contributed by atoms with Crippen molar-refractivity contribution in [1.82, 2.24) is 4.90 Å². The first-order valence-corrected chi connectivity index (χ1v) is 6.76. The molecule has 0 aromatic heterocycles. The molecule has 1 heterocycles. The zero-order chi connectivity index (χ0) is 12.7. The van der Waals surface area contributed by atoms with E-state index in [1.165, 1.54) is 12.0 Å². The molecule has 0 bridgehead atoms. The molecule has 3 unspecified atom stereocenters. The molecule has 18 heavy (non-hydrogen) atoms. The number of fused-ring (bicyclic) bond motifs is 1. The Hall–Kier alpha value is -1.35. The van der Waals surface area contributed by atoms with E-state index in [0.29, 0.717) is 17.9 Å². The van der Waals surface area contributed by atoms with Gasteiger partial charge >= 0.3 is 0 Å². The summed E-state index contributed by atoms with van der Waals surface area (Å²) in [4.78, 5) is 14.4. The van der Waals surface area contributed by atoms with E-state index < -0.39 is 0 Å². The highest BCUT2D eigenvalue weighted by Gasteiger charge is 2.42. The molecule has 1 aromatic carbocycles. The van der Waals surface area contributed by atoms with Crippen LogP contribution in [0, 0.1) is 18.8 Å². The second-order valence-corrected chi connectivity index (χ2v) is 5.74. The molecule has 3 rings (SSSR count). The van der Waals surface area contributed by atoms with E-state index in [-0.39, 0.29) is 5.91 Å². The number of amides is 1. The van der Waals surface area contributed by atoms with Crippen LogP contribution < -0.4 is 5.73 Å². The molecule has 3 heteroatoms. The summed E-state index contributed by atoms with van der Waals surface area (Å²) in [7, 11) is 0. The van der Waals surface area contributed by atoms with Crippen LogP contribution >= 0.6 is 0 Å². The highest BCUT2D eigenvalue weighted by atomic mass is 16.2. The molecule has 2 N–H and O–H groups in total. The topological polar surface area (TPSA) is 46.3 Å². The molecule has 0 spiro atoms. The predicted molar refractivity (Wildman–Crippen MR) is 71.3 cm³/mol. The van der Waals surface area contributed by atoms with Crippen LogP contribution in [0.2, 0.25) is 0 Å². The van der Waals surface area contributed by atoms with Crippen LogP contribution in [-0.4, -0.2) is 29.9 Å². The number of hydrogen-bond acceptors (Lipinski definition) is 2. The van der Waals surface area contributed by atoms with Crippen LogP contribution in [-0.2, 0) is 0 Å². The average Bonchev–Trinajstić information content (AvgIpc) is 2.92. The Bertz CT molecular complexity index is 454. The molecule has 3 atom stereocenters. The lowest BCUT2D eigenvalue weighted by Gasteiger charge is -2.18. The fourth-order valence-electron chi connectivity index (χ4n) is 3.35. The molecule has 1 aliphatic heterocycles. The van der Waals surface area contributed by atoms with E-state index in [1.54, 1.807) is 0 Å². The number of carbonyl (C=O) groups excluding carboxylic acids is 1. The van der Waals surface area contributed by atoms with Gasteiger partial charge < -0.3 is 10.6 Å². The Morgan fingerprint density at radius 2 is 1.94 bits per heavy atom. The maximum atomic E-state index is 12.4. The van der Waals surface area contributed by atoms with Gasteiger partial charge in [-0.05, 0) is 43.7 Å². The SMILES string of the molecule is Cc1ccc(C(=O)N2CC3CCC(N)C3C2)cc1. The molecule has 1 saturated carbocycles. The smallest absolute Gasteiger partial charge is 0.253 e. The van der Waals surface area contributed by atoms with Crippen molar-refractivity contribution in [2.75, 3.05) is 13.1 Å². The van der Waals surface area contributed by atoms with Crippen LogP contribution in [0.25, 0.3) is 0 Å². The van der Waals surface area contributed by atoms with Crippen molar-refractivity contribution < 1.29 is 4.79 Å². The number of rotatable bonds is 1. The van der Waals surface area contributed by atoms with Crippen LogP contribution in [0.3, 0.4) is 0 Å². The van der Waals surface area contributed by atoms with Gasteiger partial charge in [0.05, 0.1) is 0 Å². The second kappa shape index (κ2) is 4.39. The van der Waals surface area contributed by atoms with Gasteiger partial charge in [-0.3, -0.25) is 4.79 Å². The molecule has 1 aliphatic carbocycles. The van der Waals surface area contributed by atoms with E-state index in [1.807, 2.05) is 36.1 Å². The maximum absolute atomic E-state index is 12.4. The number of benzene rings is 1. The molecular weight excluding hydrogens is 224 g/mol. The molecular formula is C15H20N2O. The fourth-order valence-corrected chi connectivity index (χ4v) is 3.35. The highest BCUT2D eigenvalue weighted by molar-refractivity contribution is 5.94. The van der Waals surface area contributed by atoms with Crippen molar-refractivity contribution in [1.29, 1.82) is 0 Å². The average molecular weight is 244 g/mol. The van der Waals surface area contributed by atoms with Gasteiger partial charge in [0.2, 0.25) is 0 Å². The zero-order valence-corrected chi connectivity index (χ0v) is 10.8. The number of hydrogen-bond donors (Lipinski definition) is 1. The van der Waals surface area contributed by atoms with Crippen molar-refractivity contribution >= 4 is 5.91 Å². The molecule has 2 aliphatic rings. The standard InChI is InChI=1S/C15H20N2O/c1-10-2-4-11(5-3-10)15(18)17-8-12-6-7-14(16)13(12)9-17/h2-5,12-14H,6-9,16H2,1H3. The van der Waals surface area contributed by atoms with Gasteiger partial charge in [0, 0.05) is 24.7 Å². The molecule has 3 nitrogen and oxygen atoms in total. The number of carbonyl (C=O) groups is 1. The number of likely N-dealkylation sites (tertiary alicyclic amines) is 1. The maximum Gasteiger partial charge on any atom is 0.253 e. The quantitative estimate of drug-likeness (QED) is 0.819. The minimum atomic E-state index is 0.164. The van der Waals surface area contributed by atoms with Crippen molar-refractivity contribution in [3.63, 3.8) is 0 Å². The summed E-state index contributed by atoms with van der Waals surface area (Å²) in [6.45, 7) is 3.77. The van der Waals surface area contributed by atoms with Crippen LogP contribution in [0.1, 0.15) is 28.8 Å². The second-order valence-electron chi connectivity index (χ2n) is 5.74.